The summed E-state index contributed by atoms with van der Waals surface area (Å²) in [6, 6.07) is 12.8. The van der Waals surface area contributed by atoms with Crippen LogP contribution in [0.4, 0.5) is 10.2 Å². The number of aliphatic hydroxyl groups excluding tert-OH is 1. The molecule has 0 spiro atoms. The second-order valence-electron chi connectivity index (χ2n) is 8.54. The monoisotopic (exact) mass is 395 g/mol. The first-order valence-corrected chi connectivity index (χ1v) is 10.5. The van der Waals surface area contributed by atoms with E-state index in [0.29, 0.717) is 0 Å². The third-order valence-electron chi connectivity index (χ3n) is 6.14. The van der Waals surface area contributed by atoms with Crippen LogP contribution >= 0.6 is 0 Å². The first kappa shape index (κ1) is 20.0. The number of hydrogen-bond acceptors (Lipinski definition) is 4. The van der Waals surface area contributed by atoms with Gasteiger partial charge < -0.3 is 10.4 Å². The predicted molar refractivity (Wildman–Crippen MR) is 116 cm³/mol. The van der Waals surface area contributed by atoms with Gasteiger partial charge in [-0.25, -0.2) is 9.37 Å². The minimum atomic E-state index is -1.65. The molecule has 1 aromatic heterocycles. The van der Waals surface area contributed by atoms with E-state index in [0.717, 1.165) is 30.8 Å². The van der Waals surface area contributed by atoms with Gasteiger partial charge in [-0.3, -0.25) is 4.90 Å². The molecule has 0 amide bonds. The predicted octanol–water partition coefficient (Wildman–Crippen LogP) is 4.38. The molecular weight excluding hydrogens is 365 g/mol. The van der Waals surface area contributed by atoms with Gasteiger partial charge in [0, 0.05) is 25.3 Å². The molecule has 29 heavy (non-hydrogen) atoms. The summed E-state index contributed by atoms with van der Waals surface area (Å²) in [4.78, 5) is 6.79. The first-order chi connectivity index (χ1) is 13.9. The number of nitrogens with zero attached hydrogens (tertiary/aromatic N) is 2. The van der Waals surface area contributed by atoms with Gasteiger partial charge >= 0.3 is 0 Å². The van der Waals surface area contributed by atoms with Crippen LogP contribution in [0.1, 0.15) is 49.9 Å². The zero-order valence-corrected chi connectivity index (χ0v) is 17.5. The van der Waals surface area contributed by atoms with Crippen molar-refractivity contribution < 1.29 is 9.50 Å². The zero-order chi connectivity index (χ0) is 20.6. The van der Waals surface area contributed by atoms with Gasteiger partial charge in [-0.2, -0.15) is 0 Å². The molecule has 0 bridgehead atoms. The van der Waals surface area contributed by atoms with E-state index in [9.17, 15) is 9.50 Å². The Kier molecular flexibility index (Phi) is 5.45. The lowest BCUT2D eigenvalue weighted by Gasteiger charge is -2.44. The molecule has 0 saturated heterocycles. The molecule has 2 aromatic rings. The third kappa shape index (κ3) is 3.81. The molecular formula is C24H30FN3O. The minimum Gasteiger partial charge on any atom is -0.393 e. The number of halogens is 1. The number of aromatic nitrogens is 1. The van der Waals surface area contributed by atoms with Gasteiger partial charge in [0.1, 0.15) is 11.5 Å². The summed E-state index contributed by atoms with van der Waals surface area (Å²) in [5, 5.41) is 12.8. The van der Waals surface area contributed by atoms with Crippen molar-refractivity contribution in [2.45, 2.75) is 51.4 Å². The van der Waals surface area contributed by atoms with Crippen molar-refractivity contribution in [1.29, 1.82) is 0 Å². The van der Waals surface area contributed by atoms with Crippen LogP contribution in [0.25, 0.3) is 5.57 Å². The summed E-state index contributed by atoms with van der Waals surface area (Å²) in [5.41, 5.74) is 4.85. The van der Waals surface area contributed by atoms with Gasteiger partial charge in [0.05, 0.1) is 12.6 Å². The second kappa shape index (κ2) is 7.88. The summed E-state index contributed by atoms with van der Waals surface area (Å²) in [7, 11) is 0. The quantitative estimate of drug-likeness (QED) is 0.762. The molecule has 4 rings (SSSR count). The maximum absolute atomic E-state index is 14.9. The molecule has 3 unspecified atom stereocenters. The highest BCUT2D eigenvalue weighted by Gasteiger charge is 2.41. The molecule has 1 aliphatic carbocycles. The fourth-order valence-corrected chi connectivity index (χ4v) is 4.75. The van der Waals surface area contributed by atoms with Crippen molar-refractivity contribution in [3.63, 3.8) is 0 Å². The van der Waals surface area contributed by atoms with Crippen LogP contribution in [0, 0.1) is 0 Å². The number of anilines is 1. The van der Waals surface area contributed by atoms with Crippen molar-refractivity contribution in [2.75, 3.05) is 25.0 Å². The molecule has 0 fully saturated rings. The summed E-state index contributed by atoms with van der Waals surface area (Å²) in [6.45, 7) is 6.22. The zero-order valence-electron chi connectivity index (χ0n) is 17.5. The molecule has 0 saturated carbocycles. The molecule has 5 heteroatoms. The average molecular weight is 396 g/mol. The molecule has 2 aliphatic rings. The maximum atomic E-state index is 14.9. The van der Waals surface area contributed by atoms with Gasteiger partial charge in [-0.15, -0.1) is 0 Å². The highest BCUT2D eigenvalue weighted by Crippen LogP contribution is 2.48. The van der Waals surface area contributed by atoms with E-state index in [4.69, 9.17) is 0 Å². The Bertz CT molecular complexity index is 907. The summed E-state index contributed by atoms with van der Waals surface area (Å²) in [6.07, 6.45) is 3.69. The number of hydrogen-bond donors (Lipinski definition) is 2. The molecule has 1 aromatic carbocycles. The lowest BCUT2D eigenvalue weighted by atomic mass is 9.85. The van der Waals surface area contributed by atoms with Crippen LogP contribution in [-0.2, 0) is 6.42 Å². The normalized spacial score (nSPS) is 23.5. The largest absolute Gasteiger partial charge is 0.393 e. The van der Waals surface area contributed by atoms with E-state index in [1.165, 1.54) is 29.2 Å². The molecule has 1 aliphatic heterocycles. The number of benzene rings is 1. The van der Waals surface area contributed by atoms with Gasteiger partial charge in [0.25, 0.3) is 0 Å². The second-order valence-corrected chi connectivity index (χ2v) is 8.54. The number of aliphatic hydroxyl groups is 1. The maximum Gasteiger partial charge on any atom is 0.143 e. The van der Waals surface area contributed by atoms with Crippen molar-refractivity contribution in [3.05, 3.63) is 64.9 Å². The Labute approximate surface area is 172 Å². The number of pyridine rings is 1. The Morgan fingerprint density at radius 1 is 1.28 bits per heavy atom. The first-order valence-electron chi connectivity index (χ1n) is 10.5. The number of rotatable bonds is 6. The summed E-state index contributed by atoms with van der Waals surface area (Å²) < 4.78 is 14.9. The molecule has 2 heterocycles. The van der Waals surface area contributed by atoms with Crippen molar-refractivity contribution >= 4 is 11.4 Å². The number of nitrogens with one attached hydrogen (secondary N) is 1. The Balaban J connectivity index is 1.77. The van der Waals surface area contributed by atoms with Gasteiger partial charge in [-0.05, 0) is 67.5 Å². The van der Waals surface area contributed by atoms with E-state index < -0.39 is 12.3 Å². The van der Waals surface area contributed by atoms with Gasteiger partial charge in [0.15, 0.2) is 0 Å². The van der Waals surface area contributed by atoms with E-state index >= 15 is 0 Å². The van der Waals surface area contributed by atoms with Crippen molar-refractivity contribution in [1.82, 2.24) is 9.88 Å². The Morgan fingerprint density at radius 3 is 2.76 bits per heavy atom. The number of alkyl halides is 1. The fourth-order valence-electron chi connectivity index (χ4n) is 4.75. The highest BCUT2D eigenvalue weighted by atomic mass is 19.1. The minimum absolute atomic E-state index is 0.0362. The van der Waals surface area contributed by atoms with Crippen LogP contribution in [0.5, 0.6) is 0 Å². The van der Waals surface area contributed by atoms with Crippen LogP contribution in [0.2, 0.25) is 0 Å². The van der Waals surface area contributed by atoms with Crippen LogP contribution in [-0.4, -0.2) is 46.4 Å². The average Bonchev–Trinajstić information content (AvgIpc) is 3.07. The summed E-state index contributed by atoms with van der Waals surface area (Å²) in [5.74, 6) is 0.848. The van der Waals surface area contributed by atoms with Gasteiger partial charge in [0.2, 0.25) is 0 Å². The van der Waals surface area contributed by atoms with Crippen LogP contribution < -0.4 is 5.32 Å². The molecule has 4 nitrogen and oxygen atoms in total. The van der Waals surface area contributed by atoms with E-state index in [2.05, 4.69) is 52.5 Å². The van der Waals surface area contributed by atoms with Crippen molar-refractivity contribution in [3.8, 4) is 0 Å². The molecule has 0 radical (unpaired) electrons. The van der Waals surface area contributed by atoms with E-state index in [-0.39, 0.29) is 18.6 Å². The van der Waals surface area contributed by atoms with Crippen molar-refractivity contribution in [2.24, 2.45) is 0 Å². The summed E-state index contributed by atoms with van der Waals surface area (Å²) >= 11 is 0. The standard InChI is InChI=1S/C24H30FN3O/c1-4-26-22-10-9-18(13-27-22)23-21-12-17-7-5-6-8-19(17)20(21)11-16(2)28(23)14-24(3,25)15-29/h5-10,13,16,23,29H,4,11-12,14-15H2,1-3H3,(H,26,27). The molecule has 154 valence electrons. The fraction of sp³-hybridized carbons (Fsp3) is 0.458. The van der Waals surface area contributed by atoms with Crippen LogP contribution in [0.15, 0.2) is 48.2 Å². The number of fused-ring (bicyclic) bond motifs is 2. The van der Waals surface area contributed by atoms with Crippen LogP contribution in [0.3, 0.4) is 0 Å². The Morgan fingerprint density at radius 2 is 2.07 bits per heavy atom. The highest BCUT2D eigenvalue weighted by molar-refractivity contribution is 5.78. The SMILES string of the molecule is CCNc1ccc(C2C3=C(CC(C)N2CC(C)(F)CO)c2ccccc2C3)cn1. The van der Waals surface area contributed by atoms with E-state index in [1.807, 2.05) is 19.2 Å². The lowest BCUT2D eigenvalue weighted by molar-refractivity contribution is 0.0193. The third-order valence-corrected chi connectivity index (χ3v) is 6.14. The Hall–Kier alpha value is -2.24. The smallest absolute Gasteiger partial charge is 0.143 e. The molecule has 2 N–H and O–H groups in total. The topological polar surface area (TPSA) is 48.4 Å². The van der Waals surface area contributed by atoms with Gasteiger partial charge in [-0.1, -0.05) is 30.3 Å². The van der Waals surface area contributed by atoms with E-state index in [1.54, 1.807) is 0 Å². The lowest BCUT2D eigenvalue weighted by Crippen LogP contribution is -2.48. The molecule has 3 atom stereocenters.